The number of hydrogen-bond donors (Lipinski definition) is 0. The second-order valence-corrected chi connectivity index (χ2v) is 5.04. The third-order valence-electron chi connectivity index (χ3n) is 2.46. The van der Waals surface area contributed by atoms with Gasteiger partial charge in [-0.2, -0.15) is 0 Å². The minimum atomic E-state index is -1.04. The van der Waals surface area contributed by atoms with E-state index in [0.29, 0.717) is 11.3 Å². The SMILES string of the molecule is CCCOC(=O)C(C(=O)CC(=O)OCC)c1cccs1. The van der Waals surface area contributed by atoms with Crippen LogP contribution in [0.25, 0.3) is 0 Å². The highest BCUT2D eigenvalue weighted by molar-refractivity contribution is 7.10. The van der Waals surface area contributed by atoms with Crippen molar-refractivity contribution in [3.05, 3.63) is 22.4 Å². The van der Waals surface area contributed by atoms with Gasteiger partial charge in [-0.3, -0.25) is 14.4 Å². The fourth-order valence-corrected chi connectivity index (χ4v) is 2.44. The van der Waals surface area contributed by atoms with E-state index < -0.39 is 30.1 Å². The molecule has 0 bridgehead atoms. The zero-order valence-corrected chi connectivity index (χ0v) is 12.4. The normalized spacial score (nSPS) is 11.7. The lowest BCUT2D eigenvalue weighted by molar-refractivity contribution is -0.150. The molecule has 1 unspecified atom stereocenters. The van der Waals surface area contributed by atoms with Crippen LogP contribution in [-0.2, 0) is 23.9 Å². The number of Topliss-reactive ketones (excluding diaryl/α,β-unsaturated/α-hetero) is 1. The van der Waals surface area contributed by atoms with Crippen molar-refractivity contribution in [2.75, 3.05) is 13.2 Å². The molecule has 0 aliphatic heterocycles. The van der Waals surface area contributed by atoms with Crippen LogP contribution in [0.5, 0.6) is 0 Å². The van der Waals surface area contributed by atoms with Crippen LogP contribution in [0, 0.1) is 0 Å². The maximum absolute atomic E-state index is 12.1. The fourth-order valence-electron chi connectivity index (χ4n) is 1.60. The Morgan fingerprint density at radius 2 is 2.00 bits per heavy atom. The molecule has 0 saturated heterocycles. The molecule has 1 aromatic rings. The molecule has 0 aliphatic rings. The first-order valence-electron chi connectivity index (χ1n) is 6.48. The van der Waals surface area contributed by atoms with Crippen LogP contribution in [0.4, 0.5) is 0 Å². The van der Waals surface area contributed by atoms with E-state index in [0.717, 1.165) is 0 Å². The lowest BCUT2D eigenvalue weighted by Crippen LogP contribution is -2.26. The summed E-state index contributed by atoms with van der Waals surface area (Å²) >= 11 is 1.29. The van der Waals surface area contributed by atoms with Crippen LogP contribution in [0.3, 0.4) is 0 Å². The first kappa shape index (κ1) is 16.4. The quantitative estimate of drug-likeness (QED) is 0.544. The van der Waals surface area contributed by atoms with Crippen LogP contribution in [-0.4, -0.2) is 30.9 Å². The summed E-state index contributed by atoms with van der Waals surface area (Å²) in [5.74, 6) is -2.76. The first-order chi connectivity index (χ1) is 9.60. The van der Waals surface area contributed by atoms with Gasteiger partial charge in [0.25, 0.3) is 0 Å². The van der Waals surface area contributed by atoms with Gasteiger partial charge in [0, 0.05) is 4.88 Å². The monoisotopic (exact) mass is 298 g/mol. The lowest BCUT2D eigenvalue weighted by Gasteiger charge is -2.13. The molecule has 0 saturated carbocycles. The van der Waals surface area contributed by atoms with Crippen molar-refractivity contribution < 1.29 is 23.9 Å². The maximum atomic E-state index is 12.1. The predicted molar refractivity (Wildman–Crippen MR) is 74.6 cm³/mol. The van der Waals surface area contributed by atoms with E-state index >= 15 is 0 Å². The third kappa shape index (κ3) is 4.77. The Morgan fingerprint density at radius 3 is 2.55 bits per heavy atom. The first-order valence-corrected chi connectivity index (χ1v) is 7.36. The van der Waals surface area contributed by atoms with Crippen LogP contribution < -0.4 is 0 Å². The van der Waals surface area contributed by atoms with Gasteiger partial charge < -0.3 is 9.47 Å². The second-order valence-electron chi connectivity index (χ2n) is 4.06. The van der Waals surface area contributed by atoms with Crippen molar-refractivity contribution in [1.29, 1.82) is 0 Å². The minimum Gasteiger partial charge on any atom is -0.466 e. The molecule has 1 rings (SSSR count). The molecule has 6 heteroatoms. The Hall–Kier alpha value is -1.69. The minimum absolute atomic E-state index is 0.204. The van der Waals surface area contributed by atoms with Crippen LogP contribution >= 0.6 is 11.3 Å². The van der Waals surface area contributed by atoms with Crippen molar-refractivity contribution >= 4 is 29.1 Å². The molecule has 0 radical (unpaired) electrons. The van der Waals surface area contributed by atoms with Crippen LogP contribution in [0.15, 0.2) is 17.5 Å². The molecule has 0 fully saturated rings. The topological polar surface area (TPSA) is 69.7 Å². The maximum Gasteiger partial charge on any atom is 0.321 e. The number of hydrogen-bond acceptors (Lipinski definition) is 6. The number of esters is 2. The van der Waals surface area contributed by atoms with Gasteiger partial charge in [0.2, 0.25) is 0 Å². The molecule has 5 nitrogen and oxygen atoms in total. The number of ether oxygens (including phenoxy) is 2. The molecular formula is C14H18O5S. The zero-order chi connectivity index (χ0) is 15.0. The van der Waals surface area contributed by atoms with E-state index in [1.54, 1.807) is 24.4 Å². The van der Waals surface area contributed by atoms with Crippen LogP contribution in [0.2, 0.25) is 0 Å². The van der Waals surface area contributed by atoms with E-state index in [2.05, 4.69) is 0 Å². The molecule has 0 N–H and O–H groups in total. The van der Waals surface area contributed by atoms with E-state index in [1.807, 2.05) is 6.92 Å². The van der Waals surface area contributed by atoms with Gasteiger partial charge in [-0.25, -0.2) is 0 Å². The Balaban J connectivity index is 2.80. The molecular weight excluding hydrogens is 280 g/mol. The van der Waals surface area contributed by atoms with Gasteiger partial charge in [0.15, 0.2) is 5.78 Å². The average molecular weight is 298 g/mol. The summed E-state index contributed by atoms with van der Waals surface area (Å²) in [6, 6.07) is 3.43. The van der Waals surface area contributed by atoms with Gasteiger partial charge >= 0.3 is 11.9 Å². The molecule has 1 atom stereocenters. The average Bonchev–Trinajstić information content (AvgIpc) is 2.90. The highest BCUT2D eigenvalue weighted by atomic mass is 32.1. The second kappa shape index (κ2) is 8.47. The highest BCUT2D eigenvalue weighted by Crippen LogP contribution is 2.25. The molecule has 1 aromatic heterocycles. The van der Waals surface area contributed by atoms with Gasteiger partial charge in [0.1, 0.15) is 12.3 Å². The largest absolute Gasteiger partial charge is 0.466 e. The summed E-state index contributed by atoms with van der Waals surface area (Å²) in [5, 5.41) is 1.77. The molecule has 110 valence electrons. The number of carbonyl (C=O) groups excluding carboxylic acids is 3. The number of ketones is 1. The van der Waals surface area contributed by atoms with Gasteiger partial charge in [-0.1, -0.05) is 13.0 Å². The van der Waals surface area contributed by atoms with E-state index in [4.69, 9.17) is 9.47 Å². The Labute approximate surface area is 121 Å². The van der Waals surface area contributed by atoms with E-state index in [9.17, 15) is 14.4 Å². The molecule has 0 spiro atoms. The Kier molecular flexibility index (Phi) is 6.93. The molecule has 0 amide bonds. The number of thiophene rings is 1. The molecule has 0 aliphatic carbocycles. The summed E-state index contributed by atoms with van der Waals surface area (Å²) in [7, 11) is 0. The molecule has 20 heavy (non-hydrogen) atoms. The van der Waals surface area contributed by atoms with Crippen molar-refractivity contribution in [3.63, 3.8) is 0 Å². The van der Waals surface area contributed by atoms with E-state index in [-0.39, 0.29) is 13.2 Å². The summed E-state index contributed by atoms with van der Waals surface area (Å²) in [6.45, 7) is 3.99. The van der Waals surface area contributed by atoms with Gasteiger partial charge in [-0.05, 0) is 24.8 Å². The Bertz CT molecular complexity index is 452. The fraction of sp³-hybridized carbons (Fsp3) is 0.500. The zero-order valence-electron chi connectivity index (χ0n) is 11.6. The van der Waals surface area contributed by atoms with Crippen molar-refractivity contribution in [2.45, 2.75) is 32.6 Å². The Morgan fingerprint density at radius 1 is 1.25 bits per heavy atom. The van der Waals surface area contributed by atoms with Gasteiger partial charge in [-0.15, -0.1) is 11.3 Å². The summed E-state index contributed by atoms with van der Waals surface area (Å²) in [5.41, 5.74) is 0. The van der Waals surface area contributed by atoms with Crippen LogP contribution in [0.1, 0.15) is 37.5 Å². The standard InChI is InChI=1S/C14H18O5S/c1-3-7-19-14(17)13(11-6-5-8-20-11)10(15)9-12(16)18-4-2/h5-6,8,13H,3-4,7,9H2,1-2H3. The smallest absolute Gasteiger partial charge is 0.321 e. The van der Waals surface area contributed by atoms with Gasteiger partial charge in [0.05, 0.1) is 13.2 Å². The van der Waals surface area contributed by atoms with Crippen molar-refractivity contribution in [1.82, 2.24) is 0 Å². The summed E-state index contributed by atoms with van der Waals surface area (Å²) < 4.78 is 9.77. The number of carbonyl (C=O) groups is 3. The van der Waals surface area contributed by atoms with Crippen molar-refractivity contribution in [2.24, 2.45) is 0 Å². The molecule has 0 aromatic carbocycles. The third-order valence-corrected chi connectivity index (χ3v) is 3.39. The molecule has 1 heterocycles. The predicted octanol–water partition coefficient (Wildman–Crippen LogP) is 2.31. The van der Waals surface area contributed by atoms with Crippen molar-refractivity contribution in [3.8, 4) is 0 Å². The summed E-state index contributed by atoms with van der Waals surface area (Å²) in [4.78, 5) is 36.1. The van der Waals surface area contributed by atoms with E-state index in [1.165, 1.54) is 11.3 Å². The number of rotatable bonds is 8. The highest BCUT2D eigenvalue weighted by Gasteiger charge is 2.32. The lowest BCUT2D eigenvalue weighted by atomic mass is 10.00. The summed E-state index contributed by atoms with van der Waals surface area (Å²) in [6.07, 6.45) is 0.257.